The molecule has 0 fully saturated rings. The van der Waals surface area contributed by atoms with Gasteiger partial charge in [-0.1, -0.05) is 37.2 Å². The smallest absolute Gasteiger partial charge is 0.346 e. The lowest BCUT2D eigenvalue weighted by atomic mass is 10.2. The number of primary amides is 2. The van der Waals surface area contributed by atoms with Gasteiger partial charge >= 0.3 is 11.6 Å². The van der Waals surface area contributed by atoms with Gasteiger partial charge in [0.15, 0.2) is 5.12 Å². The van der Waals surface area contributed by atoms with Crippen LogP contribution in [0.2, 0.25) is 0 Å². The van der Waals surface area contributed by atoms with Crippen molar-refractivity contribution in [3.8, 4) is 0 Å². The molecule has 1 aliphatic heterocycles. The van der Waals surface area contributed by atoms with Crippen molar-refractivity contribution in [1.82, 2.24) is 20.2 Å². The zero-order chi connectivity index (χ0) is 20.6. The van der Waals surface area contributed by atoms with Crippen LogP contribution in [0.5, 0.6) is 0 Å². The monoisotopic (exact) mass is 404 g/mol. The lowest BCUT2D eigenvalue weighted by Crippen LogP contribution is -2.38. The highest BCUT2D eigenvalue weighted by Crippen LogP contribution is 2.29. The molecule has 1 radical (unpaired) electrons. The third kappa shape index (κ3) is 3.05. The highest BCUT2D eigenvalue weighted by Gasteiger charge is 2.48. The molecule has 12 nitrogen and oxygen atoms in total. The van der Waals surface area contributed by atoms with E-state index in [2.05, 4.69) is 20.6 Å². The number of nitrogens with two attached hydrogens (primary N) is 2. The fourth-order valence-corrected chi connectivity index (χ4v) is 4.13. The third-order valence-corrected chi connectivity index (χ3v) is 5.57. The second-order valence-corrected chi connectivity index (χ2v) is 7.91. The van der Waals surface area contributed by atoms with Gasteiger partial charge in [-0.2, -0.15) is 0 Å². The number of nitrogens with zero attached hydrogens (tertiary/aromatic N) is 6. The Balaban J connectivity index is 2.27. The van der Waals surface area contributed by atoms with Gasteiger partial charge in [0.25, 0.3) is 5.91 Å². The van der Waals surface area contributed by atoms with E-state index in [-0.39, 0.29) is 21.5 Å². The van der Waals surface area contributed by atoms with E-state index >= 15 is 0 Å². The third-order valence-electron chi connectivity index (χ3n) is 3.79. The molecule has 0 atom stereocenters. The number of carbonyl (C=O) groups excluding carboxylic acids is 2. The van der Waals surface area contributed by atoms with Gasteiger partial charge in [-0.25, -0.2) is 8.42 Å². The molecule has 4 N–H and O–H groups in total. The Labute approximate surface area is 159 Å². The molecule has 0 aliphatic carbocycles. The molecule has 0 bridgehead atoms. The second kappa shape index (κ2) is 6.94. The predicted octanol–water partition coefficient (Wildman–Crippen LogP) is -0.299. The summed E-state index contributed by atoms with van der Waals surface area (Å²) in [6, 6.07) is 7.60. The second-order valence-electron chi connectivity index (χ2n) is 6.05. The minimum Gasteiger partial charge on any atom is -0.364 e. The summed E-state index contributed by atoms with van der Waals surface area (Å²) < 4.78 is 26.5. The maximum absolute atomic E-state index is 13.3. The summed E-state index contributed by atoms with van der Waals surface area (Å²) in [5.74, 6) is -2.49. The van der Waals surface area contributed by atoms with E-state index in [9.17, 15) is 18.0 Å². The fourth-order valence-electron chi connectivity index (χ4n) is 2.51. The number of hydrogen-bond donors (Lipinski definition) is 2. The lowest BCUT2D eigenvalue weighted by molar-refractivity contribution is -0.117. The fraction of sp³-hybridized carbons (Fsp3) is 0.200. The van der Waals surface area contributed by atoms with Gasteiger partial charge in [-0.15, -0.1) is 5.10 Å². The van der Waals surface area contributed by atoms with Crippen molar-refractivity contribution in [2.75, 3.05) is 0 Å². The summed E-state index contributed by atoms with van der Waals surface area (Å²) in [5.41, 5.74) is 9.60. The largest absolute Gasteiger partial charge is 0.364 e. The van der Waals surface area contributed by atoms with Gasteiger partial charge in [-0.05, 0) is 17.3 Å². The molecule has 0 saturated heterocycles. The minimum absolute atomic E-state index is 0.0173. The number of sulfone groups is 1. The summed E-state index contributed by atoms with van der Waals surface area (Å²) in [7, 11) is -4.12. The first-order chi connectivity index (χ1) is 13.2. The summed E-state index contributed by atoms with van der Waals surface area (Å²) in [6.45, 7) is 3.45. The van der Waals surface area contributed by atoms with Crippen molar-refractivity contribution >= 4 is 21.7 Å². The first-order valence-corrected chi connectivity index (χ1v) is 9.46. The maximum Gasteiger partial charge on any atom is 0.346 e. The average Bonchev–Trinajstić information content (AvgIpc) is 3.27. The van der Waals surface area contributed by atoms with E-state index in [1.165, 1.54) is 12.1 Å². The van der Waals surface area contributed by atoms with E-state index in [1.807, 2.05) is 0 Å². The van der Waals surface area contributed by atoms with Crippen LogP contribution < -0.4 is 16.6 Å². The lowest BCUT2D eigenvalue weighted by Gasteiger charge is -2.08. The molecule has 2 heterocycles. The first-order valence-electron chi connectivity index (χ1n) is 7.98. The molecule has 1 aliphatic rings. The molecule has 0 unspecified atom stereocenters. The maximum atomic E-state index is 13.3. The quantitative estimate of drug-likeness (QED) is 0.623. The van der Waals surface area contributed by atoms with Crippen molar-refractivity contribution in [1.29, 1.82) is 0 Å². The zero-order valence-corrected chi connectivity index (χ0v) is 15.7. The van der Waals surface area contributed by atoms with Gasteiger partial charge in [0, 0.05) is 10.7 Å². The summed E-state index contributed by atoms with van der Waals surface area (Å²) in [4.78, 5) is 24.1. The molecule has 1 aromatic carbocycles. The van der Waals surface area contributed by atoms with E-state index in [1.54, 1.807) is 32.0 Å². The standard InChI is InChI=1S/C15H16N8O4S/c1-8(2)10-15(28(26,27)9-6-4-3-5-7-9)23(21-18-10)22-12(14(17)25)11(13(16)24)19-20-22/h3-8H,1-2H3,(H2,16,24)(H2,17,25)/q+1. The molecule has 3 rings (SSSR count). The highest BCUT2D eigenvalue weighted by atomic mass is 32.2. The number of aromatic nitrogens is 3. The van der Waals surface area contributed by atoms with Crippen molar-refractivity contribution in [3.05, 3.63) is 47.4 Å². The van der Waals surface area contributed by atoms with Crippen LogP contribution >= 0.6 is 0 Å². The van der Waals surface area contributed by atoms with Crippen LogP contribution in [0.3, 0.4) is 0 Å². The molecule has 0 spiro atoms. The summed E-state index contributed by atoms with van der Waals surface area (Å²) in [6.07, 6.45) is 0. The normalized spacial score (nSPS) is 14.8. The van der Waals surface area contributed by atoms with Crippen LogP contribution in [0, 0.1) is 0 Å². The topological polar surface area (TPSA) is 182 Å². The van der Waals surface area contributed by atoms with Crippen LogP contribution in [0.1, 0.15) is 25.5 Å². The molecule has 145 valence electrons. The van der Waals surface area contributed by atoms with Crippen LogP contribution in [-0.2, 0) is 19.4 Å². The van der Waals surface area contributed by atoms with Gasteiger partial charge < -0.3 is 11.5 Å². The predicted molar refractivity (Wildman–Crippen MR) is 93.8 cm³/mol. The van der Waals surface area contributed by atoms with Gasteiger partial charge in [0.1, 0.15) is 10.9 Å². The van der Waals surface area contributed by atoms with Crippen molar-refractivity contribution in [3.63, 3.8) is 0 Å². The zero-order valence-electron chi connectivity index (χ0n) is 14.8. The molecule has 28 heavy (non-hydrogen) atoms. The molecular weight excluding hydrogens is 388 g/mol. The van der Waals surface area contributed by atoms with Gasteiger partial charge in [-0.3, -0.25) is 9.59 Å². The Morgan fingerprint density at radius 3 is 2.29 bits per heavy atom. The highest BCUT2D eigenvalue weighted by molar-refractivity contribution is 7.91. The number of hydrogen-bond acceptors (Lipinski definition) is 9. The van der Waals surface area contributed by atoms with E-state index in [0.717, 1.165) is 4.79 Å². The Bertz CT molecular complexity index is 1120. The van der Waals surface area contributed by atoms with Crippen LogP contribution in [0.25, 0.3) is 0 Å². The Kier molecular flexibility index (Phi) is 4.79. The SMILES string of the molecule is CC(C)c1nnn([N+]2N=NC(C(N)=O)=C2C(N)=O)c1S(=O)(=O)c1ccccc1. The van der Waals surface area contributed by atoms with Crippen LogP contribution in [0.15, 0.2) is 62.0 Å². The molecule has 13 heteroatoms. The van der Waals surface area contributed by atoms with Gasteiger partial charge in [0.2, 0.25) is 20.6 Å². The summed E-state index contributed by atoms with van der Waals surface area (Å²) >= 11 is 0. The Hall–Kier alpha value is -3.45. The Morgan fingerprint density at radius 1 is 1.11 bits per heavy atom. The number of rotatable bonds is 6. The van der Waals surface area contributed by atoms with E-state index in [0.29, 0.717) is 5.12 Å². The number of carbonyl (C=O) groups is 2. The van der Waals surface area contributed by atoms with Crippen LogP contribution in [0.4, 0.5) is 0 Å². The van der Waals surface area contributed by atoms with Gasteiger partial charge in [0.05, 0.1) is 4.90 Å². The van der Waals surface area contributed by atoms with Crippen molar-refractivity contribution < 1.29 is 18.0 Å². The summed E-state index contributed by atoms with van der Waals surface area (Å²) in [5, 5.41) is 15.2. The minimum atomic E-state index is -4.12. The van der Waals surface area contributed by atoms with Crippen LogP contribution in [-0.4, -0.2) is 35.3 Å². The average molecular weight is 404 g/mol. The molecule has 1 aromatic heterocycles. The Morgan fingerprint density at radius 2 is 1.75 bits per heavy atom. The number of amides is 2. The van der Waals surface area contributed by atoms with E-state index < -0.39 is 33.0 Å². The number of benzene rings is 1. The first kappa shape index (κ1) is 19.3. The van der Waals surface area contributed by atoms with Crippen molar-refractivity contribution in [2.24, 2.45) is 21.8 Å². The van der Waals surface area contributed by atoms with Crippen molar-refractivity contribution in [2.45, 2.75) is 29.7 Å². The molecule has 0 saturated carbocycles. The molecule has 2 amide bonds. The molecule has 2 aromatic rings. The van der Waals surface area contributed by atoms with E-state index in [4.69, 9.17) is 11.5 Å². The molecular formula is C15H16N8O4S+.